The Morgan fingerprint density at radius 2 is 2.17 bits per heavy atom. The topological polar surface area (TPSA) is 17.8 Å². The van der Waals surface area contributed by atoms with E-state index in [1.165, 1.54) is 30.3 Å². The predicted molar refractivity (Wildman–Crippen MR) is 76.4 cm³/mol. The number of para-hydroxylation sites is 1. The normalized spacial score (nSPS) is 17.9. The minimum Gasteiger partial charge on any atom is -0.322 e. The first-order valence-corrected chi connectivity index (χ1v) is 7.22. The Morgan fingerprint density at radius 1 is 1.39 bits per heavy atom. The number of hydrogen-bond donors (Lipinski definition) is 0. The number of benzene rings is 1. The summed E-state index contributed by atoms with van der Waals surface area (Å²) in [6.45, 7) is 4.52. The van der Waals surface area contributed by atoms with Crippen LogP contribution in [0.3, 0.4) is 0 Å². The van der Waals surface area contributed by atoms with E-state index in [0.29, 0.717) is 5.88 Å². The van der Waals surface area contributed by atoms with Crippen molar-refractivity contribution >= 4 is 22.6 Å². The highest BCUT2D eigenvalue weighted by atomic mass is 35.5. The van der Waals surface area contributed by atoms with E-state index in [1.807, 2.05) is 0 Å². The zero-order valence-electron chi connectivity index (χ0n) is 11.0. The van der Waals surface area contributed by atoms with Gasteiger partial charge in [-0.1, -0.05) is 12.1 Å². The van der Waals surface area contributed by atoms with E-state index in [2.05, 4.69) is 36.6 Å². The van der Waals surface area contributed by atoms with E-state index in [-0.39, 0.29) is 5.54 Å². The molecule has 0 N–H and O–H groups in total. The molecule has 2 nitrogen and oxygen atoms in total. The molecule has 96 valence electrons. The van der Waals surface area contributed by atoms with Crippen molar-refractivity contribution in [3.63, 3.8) is 0 Å². The van der Waals surface area contributed by atoms with Crippen LogP contribution < -0.4 is 0 Å². The van der Waals surface area contributed by atoms with Crippen LogP contribution in [0, 0.1) is 6.92 Å². The van der Waals surface area contributed by atoms with Gasteiger partial charge >= 0.3 is 0 Å². The molecule has 1 fully saturated rings. The van der Waals surface area contributed by atoms with Gasteiger partial charge in [-0.2, -0.15) is 0 Å². The van der Waals surface area contributed by atoms with Crippen molar-refractivity contribution < 1.29 is 0 Å². The second-order valence-corrected chi connectivity index (χ2v) is 5.97. The second-order valence-electron chi connectivity index (χ2n) is 5.60. The Morgan fingerprint density at radius 3 is 2.78 bits per heavy atom. The molecule has 1 heterocycles. The predicted octanol–water partition coefficient (Wildman–Crippen LogP) is 4.03. The average Bonchev–Trinajstić information content (AvgIpc) is 2.67. The van der Waals surface area contributed by atoms with E-state index >= 15 is 0 Å². The van der Waals surface area contributed by atoms with Crippen LogP contribution in [0.25, 0.3) is 11.0 Å². The Kier molecular flexibility index (Phi) is 2.86. The Hall–Kier alpha value is -1.02. The summed E-state index contributed by atoms with van der Waals surface area (Å²) in [6.07, 6.45) is 4.68. The molecule has 0 amide bonds. The Labute approximate surface area is 113 Å². The number of imidazole rings is 1. The minimum absolute atomic E-state index is 0.252. The standard InChI is InChI=1S/C15H19ClN2/c1-11-5-3-6-12-14(11)18(13(17-12)7-10-16)15(2)8-4-9-15/h3,5-6H,4,7-10H2,1-2H3. The number of aromatic nitrogens is 2. The van der Waals surface area contributed by atoms with Gasteiger partial charge in [-0.25, -0.2) is 4.98 Å². The van der Waals surface area contributed by atoms with E-state index < -0.39 is 0 Å². The summed E-state index contributed by atoms with van der Waals surface area (Å²) in [5, 5.41) is 0. The molecule has 0 saturated heterocycles. The van der Waals surface area contributed by atoms with Crippen molar-refractivity contribution in [3.05, 3.63) is 29.6 Å². The number of nitrogens with zero attached hydrogens (tertiary/aromatic N) is 2. The summed E-state index contributed by atoms with van der Waals surface area (Å²) in [5.74, 6) is 1.79. The number of fused-ring (bicyclic) bond motifs is 1. The van der Waals surface area contributed by atoms with E-state index in [1.54, 1.807) is 0 Å². The maximum atomic E-state index is 5.93. The summed E-state index contributed by atoms with van der Waals surface area (Å²) >= 11 is 5.93. The molecule has 3 rings (SSSR count). The Balaban J connectivity index is 2.27. The molecule has 1 aromatic heterocycles. The molecular formula is C15H19ClN2. The minimum atomic E-state index is 0.252. The lowest BCUT2D eigenvalue weighted by atomic mass is 9.78. The lowest BCUT2D eigenvalue weighted by Gasteiger charge is -2.41. The van der Waals surface area contributed by atoms with Crippen molar-refractivity contribution in [2.24, 2.45) is 0 Å². The SMILES string of the molecule is Cc1cccc2nc(CCCl)n(C3(C)CCC3)c12. The van der Waals surface area contributed by atoms with Gasteiger partial charge in [0.25, 0.3) is 0 Å². The van der Waals surface area contributed by atoms with Crippen molar-refractivity contribution in [2.75, 3.05) is 5.88 Å². The molecular weight excluding hydrogens is 244 g/mol. The Bertz CT molecular complexity index is 581. The highest BCUT2D eigenvalue weighted by Crippen LogP contribution is 2.42. The van der Waals surface area contributed by atoms with Crippen LogP contribution in [0.5, 0.6) is 0 Å². The molecule has 1 aromatic carbocycles. The molecule has 1 saturated carbocycles. The molecule has 0 aliphatic heterocycles. The zero-order chi connectivity index (χ0) is 12.8. The summed E-state index contributed by atoms with van der Waals surface area (Å²) in [5.41, 5.74) is 3.99. The quantitative estimate of drug-likeness (QED) is 0.764. The van der Waals surface area contributed by atoms with Gasteiger partial charge in [0.2, 0.25) is 0 Å². The smallest absolute Gasteiger partial charge is 0.111 e. The third-order valence-electron chi connectivity index (χ3n) is 4.24. The first-order valence-electron chi connectivity index (χ1n) is 6.69. The van der Waals surface area contributed by atoms with Crippen LogP contribution in [0.15, 0.2) is 18.2 Å². The van der Waals surface area contributed by atoms with E-state index in [9.17, 15) is 0 Å². The molecule has 0 bridgehead atoms. The molecule has 3 heteroatoms. The van der Waals surface area contributed by atoms with Crippen LogP contribution in [0.4, 0.5) is 0 Å². The number of alkyl halides is 1. The van der Waals surface area contributed by atoms with Gasteiger partial charge in [0.05, 0.1) is 11.0 Å². The van der Waals surface area contributed by atoms with Crippen LogP contribution in [0.1, 0.15) is 37.6 Å². The highest BCUT2D eigenvalue weighted by Gasteiger charge is 2.36. The largest absolute Gasteiger partial charge is 0.322 e. The lowest BCUT2D eigenvalue weighted by molar-refractivity contribution is 0.170. The fourth-order valence-electron chi connectivity index (χ4n) is 3.09. The van der Waals surface area contributed by atoms with Crippen LogP contribution in [0.2, 0.25) is 0 Å². The molecule has 0 radical (unpaired) electrons. The van der Waals surface area contributed by atoms with Gasteiger partial charge in [0.1, 0.15) is 5.82 Å². The summed E-state index contributed by atoms with van der Waals surface area (Å²) in [4.78, 5) is 4.79. The third-order valence-corrected chi connectivity index (χ3v) is 4.43. The van der Waals surface area contributed by atoms with Gasteiger partial charge in [-0.05, 0) is 44.7 Å². The van der Waals surface area contributed by atoms with E-state index in [0.717, 1.165) is 17.8 Å². The van der Waals surface area contributed by atoms with Crippen LogP contribution in [-0.4, -0.2) is 15.4 Å². The first-order chi connectivity index (χ1) is 8.65. The number of halogens is 1. The van der Waals surface area contributed by atoms with Gasteiger partial charge in [-0.3, -0.25) is 0 Å². The van der Waals surface area contributed by atoms with Crippen LogP contribution >= 0.6 is 11.6 Å². The fraction of sp³-hybridized carbons (Fsp3) is 0.533. The molecule has 0 spiro atoms. The molecule has 1 aliphatic rings. The van der Waals surface area contributed by atoms with Crippen LogP contribution in [-0.2, 0) is 12.0 Å². The molecule has 0 unspecified atom stereocenters. The molecule has 1 aliphatic carbocycles. The highest BCUT2D eigenvalue weighted by molar-refractivity contribution is 6.17. The van der Waals surface area contributed by atoms with Gasteiger partial charge < -0.3 is 4.57 Å². The number of hydrogen-bond acceptors (Lipinski definition) is 1. The van der Waals surface area contributed by atoms with Gasteiger partial charge in [0.15, 0.2) is 0 Å². The number of rotatable bonds is 3. The first kappa shape index (κ1) is 12.0. The maximum absolute atomic E-state index is 5.93. The molecule has 2 aromatic rings. The average molecular weight is 263 g/mol. The summed E-state index contributed by atoms with van der Waals surface area (Å²) in [6, 6.07) is 6.37. The van der Waals surface area contributed by atoms with E-state index in [4.69, 9.17) is 16.6 Å². The fourth-order valence-corrected chi connectivity index (χ4v) is 3.26. The zero-order valence-corrected chi connectivity index (χ0v) is 11.8. The van der Waals surface area contributed by atoms with Crippen molar-refractivity contribution in [1.29, 1.82) is 0 Å². The van der Waals surface area contributed by atoms with Crippen molar-refractivity contribution in [2.45, 2.75) is 45.1 Å². The molecule has 18 heavy (non-hydrogen) atoms. The summed E-state index contributed by atoms with van der Waals surface area (Å²) in [7, 11) is 0. The monoisotopic (exact) mass is 262 g/mol. The summed E-state index contributed by atoms with van der Waals surface area (Å²) < 4.78 is 2.46. The second kappa shape index (κ2) is 4.27. The van der Waals surface area contributed by atoms with Gasteiger partial charge in [0, 0.05) is 17.8 Å². The number of aryl methyl sites for hydroxylation is 2. The maximum Gasteiger partial charge on any atom is 0.111 e. The van der Waals surface area contributed by atoms with Crippen molar-refractivity contribution in [3.8, 4) is 0 Å². The third kappa shape index (κ3) is 1.66. The van der Waals surface area contributed by atoms with Gasteiger partial charge in [-0.15, -0.1) is 11.6 Å². The lowest BCUT2D eigenvalue weighted by Crippen LogP contribution is -2.38. The van der Waals surface area contributed by atoms with Crippen molar-refractivity contribution in [1.82, 2.24) is 9.55 Å². The molecule has 0 atom stereocenters.